The number of carbonyl (C=O) groups excluding carboxylic acids is 3. The maximum atomic E-state index is 12.4. The second-order valence-corrected chi connectivity index (χ2v) is 8.41. The lowest BCUT2D eigenvalue weighted by atomic mass is 9.78. The number of amides is 2. The van der Waals surface area contributed by atoms with Crippen LogP contribution in [0.2, 0.25) is 0 Å². The van der Waals surface area contributed by atoms with Gasteiger partial charge in [0.05, 0.1) is 5.56 Å². The fourth-order valence-corrected chi connectivity index (χ4v) is 4.45. The monoisotopic (exact) mass is 380 g/mol. The molecule has 1 heterocycles. The van der Waals surface area contributed by atoms with Crippen molar-refractivity contribution in [2.75, 3.05) is 11.9 Å². The Hall–Kier alpha value is -1.89. The van der Waals surface area contributed by atoms with Crippen molar-refractivity contribution >= 4 is 34.1 Å². The fraction of sp³-hybridized carbons (Fsp3) is 0.632. The minimum absolute atomic E-state index is 0.130. The predicted octanol–water partition coefficient (Wildman–Crippen LogP) is 3.42. The van der Waals surface area contributed by atoms with Crippen molar-refractivity contribution in [2.24, 2.45) is 11.8 Å². The Kier molecular flexibility index (Phi) is 6.81. The molecule has 0 aliphatic heterocycles. The SMILES string of the molecule is CC(=O)Nc1sc(C)c(C)c1C(=O)OCC(=O)N[C@@H]1CCC[C@@H](C)[C@@H]1C. The minimum atomic E-state index is -0.587. The summed E-state index contributed by atoms with van der Waals surface area (Å²) in [6.07, 6.45) is 3.25. The summed E-state index contributed by atoms with van der Waals surface area (Å²) in [5.41, 5.74) is 1.09. The molecule has 1 aromatic rings. The van der Waals surface area contributed by atoms with Crippen LogP contribution in [0.1, 0.15) is 60.8 Å². The summed E-state index contributed by atoms with van der Waals surface area (Å²) < 4.78 is 5.21. The topological polar surface area (TPSA) is 84.5 Å². The van der Waals surface area contributed by atoms with Gasteiger partial charge in [0.2, 0.25) is 5.91 Å². The Morgan fingerprint density at radius 2 is 1.88 bits per heavy atom. The normalized spacial score (nSPS) is 22.6. The maximum Gasteiger partial charge on any atom is 0.341 e. The molecule has 26 heavy (non-hydrogen) atoms. The number of ether oxygens (including phenoxy) is 1. The molecule has 0 saturated heterocycles. The maximum absolute atomic E-state index is 12.4. The van der Waals surface area contributed by atoms with Crippen molar-refractivity contribution in [1.82, 2.24) is 5.32 Å². The third-order valence-corrected chi connectivity index (χ3v) is 6.39. The minimum Gasteiger partial charge on any atom is -0.452 e. The van der Waals surface area contributed by atoms with E-state index < -0.39 is 5.97 Å². The summed E-state index contributed by atoms with van der Waals surface area (Å²) in [6.45, 7) is 9.11. The van der Waals surface area contributed by atoms with E-state index in [9.17, 15) is 14.4 Å². The van der Waals surface area contributed by atoms with E-state index in [2.05, 4.69) is 24.5 Å². The zero-order chi connectivity index (χ0) is 19.4. The average molecular weight is 381 g/mol. The van der Waals surface area contributed by atoms with Crippen LogP contribution in [0.4, 0.5) is 5.00 Å². The van der Waals surface area contributed by atoms with Crippen LogP contribution in [0.3, 0.4) is 0 Å². The van der Waals surface area contributed by atoms with Gasteiger partial charge in [-0.2, -0.15) is 0 Å². The molecule has 7 heteroatoms. The van der Waals surface area contributed by atoms with Gasteiger partial charge in [0.1, 0.15) is 5.00 Å². The highest BCUT2D eigenvalue weighted by Crippen LogP contribution is 2.33. The molecular weight excluding hydrogens is 352 g/mol. The van der Waals surface area contributed by atoms with Crippen LogP contribution in [0.15, 0.2) is 0 Å². The van der Waals surface area contributed by atoms with E-state index in [1.807, 2.05) is 6.92 Å². The van der Waals surface area contributed by atoms with Gasteiger partial charge >= 0.3 is 5.97 Å². The van der Waals surface area contributed by atoms with Crippen LogP contribution in [-0.4, -0.2) is 30.4 Å². The van der Waals surface area contributed by atoms with Crippen molar-refractivity contribution in [1.29, 1.82) is 0 Å². The molecule has 6 nitrogen and oxygen atoms in total. The van der Waals surface area contributed by atoms with Gasteiger partial charge in [0.25, 0.3) is 5.91 Å². The van der Waals surface area contributed by atoms with Crippen molar-refractivity contribution < 1.29 is 19.1 Å². The van der Waals surface area contributed by atoms with E-state index in [1.165, 1.54) is 24.7 Å². The number of aryl methyl sites for hydroxylation is 1. The molecule has 0 aromatic carbocycles. The number of esters is 1. The highest BCUT2D eigenvalue weighted by atomic mass is 32.1. The van der Waals surface area contributed by atoms with E-state index >= 15 is 0 Å². The summed E-state index contributed by atoms with van der Waals surface area (Å²) >= 11 is 1.33. The van der Waals surface area contributed by atoms with Gasteiger partial charge in [0.15, 0.2) is 6.61 Å². The van der Waals surface area contributed by atoms with Crippen LogP contribution >= 0.6 is 11.3 Å². The van der Waals surface area contributed by atoms with E-state index in [0.717, 1.165) is 23.3 Å². The zero-order valence-corrected chi connectivity index (χ0v) is 16.9. The largest absolute Gasteiger partial charge is 0.452 e. The lowest BCUT2D eigenvalue weighted by Gasteiger charge is -2.34. The second kappa shape index (κ2) is 8.66. The van der Waals surface area contributed by atoms with Gasteiger partial charge < -0.3 is 15.4 Å². The van der Waals surface area contributed by atoms with Gasteiger partial charge in [-0.25, -0.2) is 4.79 Å². The number of hydrogen-bond acceptors (Lipinski definition) is 5. The van der Waals surface area contributed by atoms with E-state index in [4.69, 9.17) is 4.74 Å². The molecule has 0 radical (unpaired) electrons. The molecule has 0 bridgehead atoms. The molecule has 1 aliphatic rings. The molecule has 0 spiro atoms. The molecule has 2 N–H and O–H groups in total. The van der Waals surface area contributed by atoms with E-state index in [1.54, 1.807) is 6.92 Å². The van der Waals surface area contributed by atoms with Gasteiger partial charge in [-0.15, -0.1) is 11.3 Å². The van der Waals surface area contributed by atoms with Crippen molar-refractivity contribution in [2.45, 2.75) is 59.9 Å². The van der Waals surface area contributed by atoms with E-state index in [0.29, 0.717) is 22.4 Å². The van der Waals surface area contributed by atoms with Crippen LogP contribution < -0.4 is 10.6 Å². The lowest BCUT2D eigenvalue weighted by molar-refractivity contribution is -0.125. The lowest BCUT2D eigenvalue weighted by Crippen LogP contribution is -2.45. The Morgan fingerprint density at radius 3 is 2.54 bits per heavy atom. The van der Waals surface area contributed by atoms with Crippen LogP contribution in [0, 0.1) is 25.7 Å². The summed E-state index contributed by atoms with van der Waals surface area (Å²) in [4.78, 5) is 36.9. The van der Waals surface area contributed by atoms with Crippen LogP contribution in [0.5, 0.6) is 0 Å². The number of hydrogen-bond donors (Lipinski definition) is 2. The molecule has 2 amide bonds. The fourth-order valence-electron chi connectivity index (χ4n) is 3.36. The van der Waals surface area contributed by atoms with Gasteiger partial charge in [0, 0.05) is 17.8 Å². The Morgan fingerprint density at radius 1 is 1.19 bits per heavy atom. The highest BCUT2D eigenvalue weighted by molar-refractivity contribution is 7.16. The number of anilines is 1. The molecule has 1 saturated carbocycles. The first-order chi connectivity index (χ1) is 12.2. The third-order valence-electron chi connectivity index (χ3n) is 5.27. The molecule has 0 unspecified atom stereocenters. The number of rotatable bonds is 5. The predicted molar refractivity (Wildman–Crippen MR) is 102 cm³/mol. The third kappa shape index (κ3) is 4.84. The molecule has 2 rings (SSSR count). The highest BCUT2D eigenvalue weighted by Gasteiger charge is 2.28. The van der Waals surface area contributed by atoms with Crippen molar-refractivity contribution in [3.8, 4) is 0 Å². The molecule has 1 aromatic heterocycles. The van der Waals surface area contributed by atoms with Gasteiger partial charge in [-0.1, -0.05) is 26.7 Å². The zero-order valence-electron chi connectivity index (χ0n) is 16.1. The van der Waals surface area contributed by atoms with Crippen molar-refractivity contribution in [3.63, 3.8) is 0 Å². The molecule has 1 fully saturated rings. The Balaban J connectivity index is 1.96. The van der Waals surface area contributed by atoms with E-state index in [-0.39, 0.29) is 24.5 Å². The van der Waals surface area contributed by atoms with Crippen LogP contribution in [-0.2, 0) is 14.3 Å². The summed E-state index contributed by atoms with van der Waals surface area (Å²) in [5.74, 6) is -0.131. The van der Waals surface area contributed by atoms with Crippen LogP contribution in [0.25, 0.3) is 0 Å². The van der Waals surface area contributed by atoms with Gasteiger partial charge in [-0.3, -0.25) is 9.59 Å². The summed E-state index contributed by atoms with van der Waals surface area (Å²) in [7, 11) is 0. The number of thiophene rings is 1. The quantitative estimate of drug-likeness (QED) is 0.767. The first-order valence-electron chi connectivity index (χ1n) is 9.04. The summed E-state index contributed by atoms with van der Waals surface area (Å²) in [5, 5.41) is 6.11. The molecule has 3 atom stereocenters. The van der Waals surface area contributed by atoms with Crippen molar-refractivity contribution in [3.05, 3.63) is 16.0 Å². The average Bonchev–Trinajstić information content (AvgIpc) is 2.83. The first-order valence-corrected chi connectivity index (χ1v) is 9.86. The standard InChI is InChI=1S/C19H28N2O4S/c1-10-7-6-8-15(11(10)2)21-16(23)9-25-19(24)17-12(3)13(4)26-18(17)20-14(5)22/h10-11,15H,6-9H2,1-5H3,(H,20,22)(H,21,23)/t10-,11+,15-/m1/s1. The Labute approximate surface area is 158 Å². The number of carbonyl (C=O) groups is 3. The number of nitrogens with one attached hydrogen (secondary N) is 2. The first kappa shape index (κ1) is 20.4. The van der Waals surface area contributed by atoms with Gasteiger partial charge in [-0.05, 0) is 37.7 Å². The Bertz CT molecular complexity index is 698. The molecule has 1 aliphatic carbocycles. The summed E-state index contributed by atoms with van der Waals surface area (Å²) in [6, 6.07) is 0.130. The smallest absolute Gasteiger partial charge is 0.341 e. The molecule has 144 valence electrons. The molecular formula is C19H28N2O4S. The second-order valence-electron chi connectivity index (χ2n) is 7.19.